The predicted octanol–water partition coefficient (Wildman–Crippen LogP) is 5.76. The van der Waals surface area contributed by atoms with E-state index >= 15 is 0 Å². The summed E-state index contributed by atoms with van der Waals surface area (Å²) in [5, 5.41) is 12.1. The molecule has 0 amide bonds. The van der Waals surface area contributed by atoms with Crippen LogP contribution in [0.4, 0.5) is 0 Å². The zero-order valence-corrected chi connectivity index (χ0v) is 23.5. The number of allylic oxidation sites excluding steroid dienone is 1. The monoisotopic (exact) mass is 664 g/mol. The van der Waals surface area contributed by atoms with Gasteiger partial charge in [-0.1, -0.05) is 125 Å². The molecule has 2 unspecified atom stereocenters. The Bertz CT molecular complexity index is 1080. The first kappa shape index (κ1) is 25.8. The molecule has 0 fully saturated rings. The fourth-order valence-corrected chi connectivity index (χ4v) is 12.2. The summed E-state index contributed by atoms with van der Waals surface area (Å²) in [7, 11) is 1.60. The number of benzene rings is 3. The Morgan fingerprint density at radius 2 is 1.30 bits per heavy atom. The fraction of sp³-hybridized carbons (Fsp3) is 0.0769. The maximum atomic E-state index is 4.21. The summed E-state index contributed by atoms with van der Waals surface area (Å²) < 4.78 is 0. The van der Waals surface area contributed by atoms with Crippen LogP contribution >= 0.6 is 23.8 Å². The summed E-state index contributed by atoms with van der Waals surface area (Å²) in [5.74, 6) is 0. The maximum Gasteiger partial charge on any atom is 1.00 e. The molecular formula is C26H25N3OsP3. The van der Waals surface area contributed by atoms with Gasteiger partial charge >= 0.3 is 19.8 Å². The Morgan fingerprint density at radius 3 is 1.79 bits per heavy atom. The molecule has 33 heavy (non-hydrogen) atoms. The van der Waals surface area contributed by atoms with Crippen molar-refractivity contribution in [3.63, 3.8) is 0 Å². The molecule has 5 rings (SSSR count). The van der Waals surface area contributed by atoms with Gasteiger partial charge in [0.25, 0.3) is 0 Å². The molecule has 0 spiro atoms. The molecule has 0 saturated carbocycles. The van der Waals surface area contributed by atoms with Crippen LogP contribution in [0.5, 0.6) is 0 Å². The zero-order chi connectivity index (χ0) is 21.8. The minimum absolute atomic E-state index is 0. The van der Waals surface area contributed by atoms with Crippen molar-refractivity contribution in [1.29, 1.82) is 0 Å². The van der Waals surface area contributed by atoms with Gasteiger partial charge in [0.2, 0.25) is 0 Å². The molecule has 1 radical (unpaired) electrons. The van der Waals surface area contributed by atoms with Crippen LogP contribution in [-0.2, 0) is 19.8 Å². The van der Waals surface area contributed by atoms with Crippen LogP contribution < -0.4 is 21.0 Å². The van der Waals surface area contributed by atoms with E-state index in [1.54, 1.807) is 6.20 Å². The van der Waals surface area contributed by atoms with Crippen molar-refractivity contribution in [2.24, 2.45) is 4.99 Å². The van der Waals surface area contributed by atoms with Crippen molar-refractivity contribution >= 4 is 45.5 Å². The SMILES string of the molecule is C1=CN=C(c2ccn[n-]2)CC1.[Os+].c1ccc(PP(Pc2ccccc2)c2ccccc2)cc1. The molecule has 2 atom stereocenters. The van der Waals surface area contributed by atoms with Gasteiger partial charge in [-0.25, -0.2) is 0 Å². The van der Waals surface area contributed by atoms with E-state index in [0.29, 0.717) is 0 Å². The van der Waals surface area contributed by atoms with Crippen LogP contribution in [0.3, 0.4) is 0 Å². The standard InChI is InChI=1S/C18H17P3.C8H8N3.Os/c1-4-10-16(11-5-1)19-21(18-14-8-3-9-15-18)20-17-12-6-2-7-13-17;1-2-5-9-7(3-1)8-4-6-10-11-8;/h1-15,19-20H;2,4-6H,1,3H2;/q;-1;+1. The van der Waals surface area contributed by atoms with Gasteiger partial charge in [0, 0.05) is 18.1 Å². The van der Waals surface area contributed by atoms with Crippen molar-refractivity contribution in [2.75, 3.05) is 0 Å². The van der Waals surface area contributed by atoms with Gasteiger partial charge in [-0.05, 0) is 36.1 Å². The number of nitrogens with zero attached hydrogens (tertiary/aromatic N) is 3. The quantitative estimate of drug-likeness (QED) is 0.247. The van der Waals surface area contributed by atoms with E-state index in [0.717, 1.165) is 40.8 Å². The zero-order valence-electron chi connectivity index (χ0n) is 18.0. The molecule has 0 aliphatic carbocycles. The Hall–Kier alpha value is -1.79. The number of rotatable bonds is 6. The molecule has 7 heteroatoms. The van der Waals surface area contributed by atoms with Gasteiger partial charge in [-0.2, -0.15) is 0 Å². The normalized spacial score (nSPS) is 13.9. The molecule has 0 saturated heterocycles. The van der Waals surface area contributed by atoms with Gasteiger partial charge in [0.15, 0.2) is 0 Å². The van der Waals surface area contributed by atoms with E-state index in [9.17, 15) is 0 Å². The third kappa shape index (κ3) is 8.49. The molecule has 0 bridgehead atoms. The topological polar surface area (TPSA) is 39.4 Å². The molecule has 2 heterocycles. The first-order valence-electron chi connectivity index (χ1n) is 10.5. The van der Waals surface area contributed by atoms with E-state index < -0.39 is 0 Å². The average Bonchev–Trinajstić information content (AvgIpc) is 3.42. The smallest absolute Gasteiger partial charge is 0.574 e. The van der Waals surface area contributed by atoms with Crippen molar-refractivity contribution in [2.45, 2.75) is 12.8 Å². The third-order valence-corrected chi connectivity index (χ3v) is 13.6. The fourth-order valence-electron chi connectivity index (χ4n) is 3.10. The summed E-state index contributed by atoms with van der Waals surface area (Å²) >= 11 is 0. The molecule has 3 nitrogen and oxygen atoms in total. The van der Waals surface area contributed by atoms with Crippen molar-refractivity contribution < 1.29 is 19.8 Å². The van der Waals surface area contributed by atoms with E-state index in [4.69, 9.17) is 0 Å². The largest absolute Gasteiger partial charge is 1.00 e. The second-order valence-electron chi connectivity index (χ2n) is 7.04. The molecule has 1 aliphatic rings. The second-order valence-corrected chi connectivity index (χ2v) is 15.2. The minimum atomic E-state index is -0.153. The Morgan fingerprint density at radius 1 is 0.727 bits per heavy atom. The van der Waals surface area contributed by atoms with E-state index in [1.807, 2.05) is 12.3 Å². The molecule has 3 aromatic carbocycles. The Kier molecular flexibility index (Phi) is 11.3. The van der Waals surface area contributed by atoms with Gasteiger partial charge in [0.1, 0.15) is 0 Å². The Labute approximate surface area is 213 Å². The number of aromatic nitrogens is 2. The van der Waals surface area contributed by atoms with Crippen molar-refractivity contribution in [1.82, 2.24) is 10.2 Å². The van der Waals surface area contributed by atoms with Crippen molar-refractivity contribution in [3.05, 3.63) is 121 Å². The molecule has 1 aliphatic heterocycles. The summed E-state index contributed by atoms with van der Waals surface area (Å²) in [4.78, 5) is 4.21. The third-order valence-electron chi connectivity index (χ3n) is 4.69. The van der Waals surface area contributed by atoms with Crippen LogP contribution in [-0.4, -0.2) is 10.8 Å². The molecule has 4 aromatic rings. The van der Waals surface area contributed by atoms with E-state index in [-0.39, 0.29) is 27.1 Å². The first-order chi connectivity index (χ1) is 15.9. The van der Waals surface area contributed by atoms with E-state index in [2.05, 4.69) is 112 Å². The van der Waals surface area contributed by atoms with Gasteiger partial charge in [-0.15, -0.1) is 0 Å². The molecule has 1 aromatic heterocycles. The number of aliphatic imine (C=N–C) groups is 1. The molecule has 167 valence electrons. The summed E-state index contributed by atoms with van der Waals surface area (Å²) in [6.07, 6.45) is 7.62. The van der Waals surface area contributed by atoms with Crippen LogP contribution in [0.1, 0.15) is 18.5 Å². The molecule has 0 N–H and O–H groups in total. The van der Waals surface area contributed by atoms with E-state index in [1.165, 1.54) is 15.9 Å². The maximum absolute atomic E-state index is 4.21. The van der Waals surface area contributed by atoms with Gasteiger partial charge in [-0.3, -0.25) is 4.99 Å². The van der Waals surface area contributed by atoms with Gasteiger partial charge < -0.3 is 10.2 Å². The summed E-state index contributed by atoms with van der Waals surface area (Å²) in [5.41, 5.74) is 1.96. The summed E-state index contributed by atoms with van der Waals surface area (Å²) in [6, 6.07) is 34.7. The summed E-state index contributed by atoms with van der Waals surface area (Å²) in [6.45, 7) is 0. The number of hydrogen-bond donors (Lipinski definition) is 0. The molecular weight excluding hydrogens is 637 g/mol. The van der Waals surface area contributed by atoms with Crippen LogP contribution in [0.2, 0.25) is 0 Å². The van der Waals surface area contributed by atoms with Crippen LogP contribution in [0.15, 0.2) is 121 Å². The second kappa shape index (κ2) is 14.5. The van der Waals surface area contributed by atoms with Gasteiger partial charge in [0.05, 0.1) is 0 Å². The minimum Gasteiger partial charge on any atom is -0.574 e. The van der Waals surface area contributed by atoms with Crippen LogP contribution in [0, 0.1) is 0 Å². The van der Waals surface area contributed by atoms with Crippen molar-refractivity contribution in [3.8, 4) is 0 Å². The predicted molar refractivity (Wildman–Crippen MR) is 144 cm³/mol. The van der Waals surface area contributed by atoms with Crippen LogP contribution in [0.25, 0.3) is 0 Å². The number of hydrogen-bond acceptors (Lipinski definition) is 2. The Balaban J connectivity index is 0.000000215. The average molecular weight is 663 g/mol. The first-order valence-corrected chi connectivity index (χ1v) is 15.6.